The Morgan fingerprint density at radius 1 is 1.42 bits per heavy atom. The molecule has 0 aliphatic rings. The van der Waals surface area contributed by atoms with E-state index in [0.717, 1.165) is 10.0 Å². The van der Waals surface area contributed by atoms with Gasteiger partial charge in [-0.1, -0.05) is 17.3 Å². The van der Waals surface area contributed by atoms with E-state index in [4.69, 9.17) is 4.52 Å². The summed E-state index contributed by atoms with van der Waals surface area (Å²) in [4.78, 5) is 16.1. The number of rotatable bonds is 4. The number of aryl methyl sites for hydroxylation is 2. The molecule has 1 aromatic heterocycles. The highest BCUT2D eigenvalue weighted by Gasteiger charge is 2.11. The standard InChI is InChI=1S/C13H14BrN3O2/c1-8-4-3-5-10(12(8)14)13(18)15-7-6-11-16-9(2)17-19-11/h3-5H,6-7H2,1-2H3,(H,15,18). The fourth-order valence-corrected chi connectivity index (χ4v) is 2.09. The van der Waals surface area contributed by atoms with Crippen LogP contribution < -0.4 is 5.32 Å². The first kappa shape index (κ1) is 13.7. The molecule has 100 valence electrons. The Morgan fingerprint density at radius 3 is 2.89 bits per heavy atom. The number of hydrogen-bond donors (Lipinski definition) is 1. The molecule has 6 heteroatoms. The number of carbonyl (C=O) groups is 1. The molecule has 1 heterocycles. The largest absolute Gasteiger partial charge is 0.351 e. The lowest BCUT2D eigenvalue weighted by Crippen LogP contribution is -2.26. The highest BCUT2D eigenvalue weighted by Crippen LogP contribution is 2.20. The van der Waals surface area contributed by atoms with Gasteiger partial charge in [-0.2, -0.15) is 4.98 Å². The number of amides is 1. The number of nitrogens with zero attached hydrogens (tertiary/aromatic N) is 2. The maximum atomic E-state index is 12.0. The lowest BCUT2D eigenvalue weighted by Gasteiger charge is -2.07. The fourth-order valence-electron chi connectivity index (χ4n) is 1.64. The van der Waals surface area contributed by atoms with Gasteiger partial charge in [0.15, 0.2) is 5.82 Å². The van der Waals surface area contributed by atoms with Crippen molar-refractivity contribution in [2.24, 2.45) is 0 Å². The second kappa shape index (κ2) is 5.97. The summed E-state index contributed by atoms with van der Waals surface area (Å²) in [7, 11) is 0. The van der Waals surface area contributed by atoms with Crippen LogP contribution in [-0.2, 0) is 6.42 Å². The topological polar surface area (TPSA) is 68.0 Å². The first-order valence-electron chi connectivity index (χ1n) is 5.90. The zero-order chi connectivity index (χ0) is 13.8. The Morgan fingerprint density at radius 2 is 2.21 bits per heavy atom. The average Bonchev–Trinajstić information content (AvgIpc) is 2.78. The Bertz CT molecular complexity index is 595. The number of halogens is 1. The molecule has 5 nitrogen and oxygen atoms in total. The second-order valence-electron chi connectivity index (χ2n) is 4.18. The Balaban J connectivity index is 1.93. The van der Waals surface area contributed by atoms with Gasteiger partial charge in [-0.05, 0) is 41.4 Å². The number of carbonyl (C=O) groups excluding carboxylic acids is 1. The van der Waals surface area contributed by atoms with Crippen LogP contribution in [0.1, 0.15) is 27.6 Å². The van der Waals surface area contributed by atoms with Crippen LogP contribution in [0.4, 0.5) is 0 Å². The van der Waals surface area contributed by atoms with E-state index in [1.54, 1.807) is 13.0 Å². The van der Waals surface area contributed by atoms with E-state index in [-0.39, 0.29) is 5.91 Å². The minimum Gasteiger partial charge on any atom is -0.351 e. The lowest BCUT2D eigenvalue weighted by atomic mass is 10.1. The monoisotopic (exact) mass is 323 g/mol. The third-order valence-electron chi connectivity index (χ3n) is 2.63. The van der Waals surface area contributed by atoms with Crippen molar-refractivity contribution in [1.29, 1.82) is 0 Å². The van der Waals surface area contributed by atoms with E-state index >= 15 is 0 Å². The van der Waals surface area contributed by atoms with Gasteiger partial charge in [-0.25, -0.2) is 0 Å². The van der Waals surface area contributed by atoms with Crippen LogP contribution in [0.15, 0.2) is 27.2 Å². The average molecular weight is 324 g/mol. The van der Waals surface area contributed by atoms with Crippen molar-refractivity contribution in [2.45, 2.75) is 20.3 Å². The van der Waals surface area contributed by atoms with Crippen LogP contribution >= 0.6 is 15.9 Å². The molecule has 1 N–H and O–H groups in total. The molecule has 19 heavy (non-hydrogen) atoms. The summed E-state index contributed by atoms with van der Waals surface area (Å²) in [5.74, 6) is 1.01. The summed E-state index contributed by atoms with van der Waals surface area (Å²) in [6.45, 7) is 4.17. The summed E-state index contributed by atoms with van der Waals surface area (Å²) in [5.41, 5.74) is 1.65. The molecule has 0 spiro atoms. The van der Waals surface area contributed by atoms with Gasteiger partial charge in [0.1, 0.15) is 0 Å². The predicted molar refractivity (Wildman–Crippen MR) is 74.0 cm³/mol. The molecule has 2 rings (SSSR count). The zero-order valence-corrected chi connectivity index (χ0v) is 12.3. The van der Waals surface area contributed by atoms with Gasteiger partial charge in [0.25, 0.3) is 5.91 Å². The van der Waals surface area contributed by atoms with Gasteiger partial charge >= 0.3 is 0 Å². The van der Waals surface area contributed by atoms with E-state index in [9.17, 15) is 4.79 Å². The van der Waals surface area contributed by atoms with Crippen LogP contribution in [-0.4, -0.2) is 22.6 Å². The molecule has 1 amide bonds. The molecule has 0 saturated carbocycles. The molecule has 0 bridgehead atoms. The maximum absolute atomic E-state index is 12.0. The fraction of sp³-hybridized carbons (Fsp3) is 0.308. The van der Waals surface area contributed by atoms with Gasteiger partial charge < -0.3 is 9.84 Å². The highest BCUT2D eigenvalue weighted by molar-refractivity contribution is 9.10. The second-order valence-corrected chi connectivity index (χ2v) is 4.97. The molecule has 0 unspecified atom stereocenters. The molecule has 0 fully saturated rings. The summed E-state index contributed by atoms with van der Waals surface area (Å²) in [6.07, 6.45) is 0.524. The first-order chi connectivity index (χ1) is 9.08. The van der Waals surface area contributed by atoms with E-state index in [0.29, 0.717) is 30.2 Å². The third-order valence-corrected chi connectivity index (χ3v) is 3.68. The van der Waals surface area contributed by atoms with Crippen molar-refractivity contribution < 1.29 is 9.32 Å². The molecule has 1 aromatic carbocycles. The number of benzene rings is 1. The van der Waals surface area contributed by atoms with Gasteiger partial charge in [0, 0.05) is 17.4 Å². The van der Waals surface area contributed by atoms with Gasteiger partial charge in [0.2, 0.25) is 5.89 Å². The smallest absolute Gasteiger partial charge is 0.252 e. The van der Waals surface area contributed by atoms with Crippen LogP contribution in [0.5, 0.6) is 0 Å². The number of hydrogen-bond acceptors (Lipinski definition) is 4. The lowest BCUT2D eigenvalue weighted by molar-refractivity contribution is 0.0952. The van der Waals surface area contributed by atoms with Crippen LogP contribution in [0.25, 0.3) is 0 Å². The molecule has 2 aromatic rings. The summed E-state index contributed by atoms with van der Waals surface area (Å²) < 4.78 is 5.79. The predicted octanol–water partition coefficient (Wildman–Crippen LogP) is 2.42. The Hall–Kier alpha value is -1.69. The van der Waals surface area contributed by atoms with Crippen molar-refractivity contribution in [3.05, 3.63) is 45.5 Å². The Labute approximate surface area is 119 Å². The van der Waals surface area contributed by atoms with Crippen molar-refractivity contribution >= 4 is 21.8 Å². The number of aromatic nitrogens is 2. The van der Waals surface area contributed by atoms with E-state index in [1.807, 2.05) is 19.1 Å². The van der Waals surface area contributed by atoms with Crippen molar-refractivity contribution in [2.75, 3.05) is 6.54 Å². The van der Waals surface area contributed by atoms with E-state index in [2.05, 4.69) is 31.4 Å². The molecule has 0 aliphatic heterocycles. The van der Waals surface area contributed by atoms with Crippen LogP contribution in [0, 0.1) is 13.8 Å². The van der Waals surface area contributed by atoms with Crippen LogP contribution in [0.3, 0.4) is 0 Å². The third kappa shape index (κ3) is 3.41. The Kier molecular flexibility index (Phi) is 4.31. The maximum Gasteiger partial charge on any atom is 0.252 e. The van der Waals surface area contributed by atoms with Gasteiger partial charge in [-0.15, -0.1) is 0 Å². The minimum absolute atomic E-state index is 0.119. The minimum atomic E-state index is -0.119. The molecular weight excluding hydrogens is 310 g/mol. The molecule has 0 aliphatic carbocycles. The zero-order valence-electron chi connectivity index (χ0n) is 10.7. The van der Waals surface area contributed by atoms with Gasteiger partial charge in [-0.3, -0.25) is 4.79 Å². The first-order valence-corrected chi connectivity index (χ1v) is 6.69. The SMILES string of the molecule is Cc1noc(CCNC(=O)c2cccc(C)c2Br)n1. The molecule has 0 radical (unpaired) electrons. The summed E-state index contributed by atoms with van der Waals surface area (Å²) in [5, 5.41) is 6.52. The molecular formula is C13H14BrN3O2. The number of nitrogens with one attached hydrogen (secondary N) is 1. The van der Waals surface area contributed by atoms with E-state index < -0.39 is 0 Å². The summed E-state index contributed by atoms with van der Waals surface area (Å²) >= 11 is 3.42. The normalized spacial score (nSPS) is 10.5. The molecule has 0 atom stereocenters. The van der Waals surface area contributed by atoms with Crippen molar-refractivity contribution in [3.63, 3.8) is 0 Å². The van der Waals surface area contributed by atoms with Crippen molar-refractivity contribution in [3.8, 4) is 0 Å². The van der Waals surface area contributed by atoms with Crippen LogP contribution in [0.2, 0.25) is 0 Å². The van der Waals surface area contributed by atoms with Gasteiger partial charge in [0.05, 0.1) is 5.56 Å². The highest BCUT2D eigenvalue weighted by atomic mass is 79.9. The summed E-state index contributed by atoms with van der Waals surface area (Å²) in [6, 6.07) is 5.59. The quantitative estimate of drug-likeness (QED) is 0.938. The van der Waals surface area contributed by atoms with Crippen molar-refractivity contribution in [1.82, 2.24) is 15.5 Å². The van der Waals surface area contributed by atoms with E-state index in [1.165, 1.54) is 0 Å². The molecule has 0 saturated heterocycles.